The van der Waals surface area contributed by atoms with E-state index in [0.717, 1.165) is 24.5 Å². The maximum atomic E-state index is 13.2. The highest BCUT2D eigenvalue weighted by atomic mass is 32.2. The predicted octanol–water partition coefficient (Wildman–Crippen LogP) is 3.32. The Kier molecular flexibility index (Phi) is 6.84. The third-order valence-corrected chi connectivity index (χ3v) is 6.07. The highest BCUT2D eigenvalue weighted by molar-refractivity contribution is 8.06. The molecule has 0 aromatic rings. The molecule has 27 heavy (non-hydrogen) atoms. The van der Waals surface area contributed by atoms with E-state index in [-0.39, 0.29) is 11.6 Å². The lowest BCUT2D eigenvalue weighted by atomic mass is 10.0. The van der Waals surface area contributed by atoms with Gasteiger partial charge in [-0.15, -0.1) is 0 Å². The lowest BCUT2D eigenvalue weighted by molar-refractivity contribution is -0.419. The lowest BCUT2D eigenvalue weighted by Crippen LogP contribution is -2.34. The highest BCUT2D eigenvalue weighted by Crippen LogP contribution is 2.38. The largest absolute Gasteiger partial charge is 0.351 e. The number of nitrogens with zero attached hydrogens (tertiary/aromatic N) is 2. The summed E-state index contributed by atoms with van der Waals surface area (Å²) in [4.78, 5) is 27.1. The Labute approximate surface area is 162 Å². The van der Waals surface area contributed by atoms with Gasteiger partial charge in [-0.1, -0.05) is 17.8 Å². The molecule has 1 amide bonds. The summed E-state index contributed by atoms with van der Waals surface area (Å²) in [5, 5.41) is 14.3. The Morgan fingerprint density at radius 1 is 1.37 bits per heavy atom. The van der Waals surface area contributed by atoms with Crippen LogP contribution in [0.15, 0.2) is 45.4 Å². The minimum Gasteiger partial charge on any atom is -0.351 e. The molecule has 1 atom stereocenters. The number of halogens is 1. The van der Waals surface area contributed by atoms with E-state index in [1.165, 1.54) is 36.8 Å². The van der Waals surface area contributed by atoms with Crippen molar-refractivity contribution in [2.45, 2.75) is 38.3 Å². The van der Waals surface area contributed by atoms with Crippen LogP contribution in [0, 0.1) is 10.1 Å². The van der Waals surface area contributed by atoms with Gasteiger partial charge >= 0.3 is 0 Å². The Morgan fingerprint density at radius 3 is 2.81 bits per heavy atom. The van der Waals surface area contributed by atoms with Crippen LogP contribution < -0.4 is 5.32 Å². The third-order valence-electron chi connectivity index (χ3n) is 4.87. The topological polar surface area (TPSA) is 75.5 Å². The molecule has 0 spiro atoms. The van der Waals surface area contributed by atoms with Crippen LogP contribution in [-0.4, -0.2) is 48.1 Å². The number of nitro groups is 1. The third kappa shape index (κ3) is 5.52. The number of carbonyl (C=O) groups is 1. The Morgan fingerprint density at radius 2 is 2.15 bits per heavy atom. The van der Waals surface area contributed by atoms with Crippen molar-refractivity contribution in [1.29, 1.82) is 0 Å². The second-order valence-corrected chi connectivity index (χ2v) is 8.03. The maximum absolute atomic E-state index is 13.2. The number of hydrogen-bond acceptors (Lipinski definition) is 5. The summed E-state index contributed by atoms with van der Waals surface area (Å²) in [5.74, 6) is -0.227. The molecule has 8 heteroatoms. The molecule has 3 aliphatic rings. The standard InChI is InChI=1S/C19H24FN3O3S/c20-15-4-6-16(7-5-15)27-18-8-3-14(13-17(18)23(25)26)19(24)21-9-12-22-10-1-2-11-22/h4,6-7,13,15H,1-3,5,8-12H2,(H,21,24). The van der Waals surface area contributed by atoms with E-state index in [1.54, 1.807) is 12.2 Å². The van der Waals surface area contributed by atoms with Crippen LogP contribution in [0.25, 0.3) is 0 Å². The van der Waals surface area contributed by atoms with E-state index in [1.807, 2.05) is 0 Å². The van der Waals surface area contributed by atoms with Gasteiger partial charge in [0, 0.05) is 36.1 Å². The van der Waals surface area contributed by atoms with Crippen molar-refractivity contribution in [3.63, 3.8) is 0 Å². The zero-order valence-corrected chi connectivity index (χ0v) is 16.0. The van der Waals surface area contributed by atoms with Crippen LogP contribution in [-0.2, 0) is 4.79 Å². The van der Waals surface area contributed by atoms with Gasteiger partial charge < -0.3 is 10.2 Å². The highest BCUT2D eigenvalue weighted by Gasteiger charge is 2.26. The quantitative estimate of drug-likeness (QED) is 0.530. The maximum Gasteiger partial charge on any atom is 0.279 e. The van der Waals surface area contributed by atoms with Crippen LogP contribution in [0.4, 0.5) is 4.39 Å². The van der Waals surface area contributed by atoms with E-state index >= 15 is 0 Å². The number of allylic oxidation sites excluding steroid dienone is 5. The molecule has 0 aromatic carbocycles. The minimum atomic E-state index is -0.986. The number of thioether (sulfide) groups is 1. The van der Waals surface area contributed by atoms with Crippen molar-refractivity contribution >= 4 is 17.7 Å². The van der Waals surface area contributed by atoms with Crippen molar-refractivity contribution in [2.24, 2.45) is 0 Å². The molecular formula is C19H24FN3O3S. The van der Waals surface area contributed by atoms with E-state index in [4.69, 9.17) is 0 Å². The van der Waals surface area contributed by atoms with Crippen LogP contribution in [0.3, 0.4) is 0 Å². The molecule has 1 heterocycles. The molecule has 1 saturated heterocycles. The zero-order chi connectivity index (χ0) is 19.2. The molecule has 6 nitrogen and oxygen atoms in total. The molecule has 0 bridgehead atoms. The van der Waals surface area contributed by atoms with Crippen LogP contribution in [0.5, 0.6) is 0 Å². The van der Waals surface area contributed by atoms with Crippen molar-refractivity contribution in [1.82, 2.24) is 10.2 Å². The second-order valence-electron chi connectivity index (χ2n) is 6.86. The molecule has 1 N–H and O–H groups in total. The van der Waals surface area contributed by atoms with Crippen molar-refractivity contribution in [3.8, 4) is 0 Å². The SMILES string of the molecule is O=C(NCCN1CCCC1)C1=CC([N+](=O)[O-])=C(SC2=CCC(F)C=C2)CC1. The Hall–Kier alpha value is -1.93. The summed E-state index contributed by atoms with van der Waals surface area (Å²) in [6.45, 7) is 3.51. The van der Waals surface area contributed by atoms with Gasteiger partial charge in [-0.05, 0) is 50.9 Å². The smallest absolute Gasteiger partial charge is 0.279 e. The number of alkyl halides is 1. The van der Waals surface area contributed by atoms with Crippen molar-refractivity contribution in [2.75, 3.05) is 26.2 Å². The van der Waals surface area contributed by atoms with Crippen LogP contribution in [0.2, 0.25) is 0 Å². The normalized spacial score (nSPS) is 23.2. The number of nitrogens with one attached hydrogen (secondary N) is 1. The van der Waals surface area contributed by atoms with Gasteiger partial charge in [0.05, 0.1) is 9.83 Å². The summed E-state index contributed by atoms with van der Waals surface area (Å²) in [6, 6.07) is 0. The fourth-order valence-electron chi connectivity index (χ4n) is 3.37. The number of carbonyl (C=O) groups excluding carboxylic acids is 1. The molecule has 1 fully saturated rings. The Bertz CT molecular complexity index is 724. The molecule has 2 aliphatic carbocycles. The summed E-state index contributed by atoms with van der Waals surface area (Å²) in [6.07, 6.45) is 8.89. The second kappa shape index (κ2) is 9.32. The average Bonchev–Trinajstić information content (AvgIpc) is 3.17. The molecule has 0 aromatic heterocycles. The summed E-state index contributed by atoms with van der Waals surface area (Å²) in [5.41, 5.74) is 0.414. The van der Waals surface area contributed by atoms with Gasteiger partial charge in [-0.3, -0.25) is 14.9 Å². The fraction of sp³-hybridized carbons (Fsp3) is 0.526. The average molecular weight is 393 g/mol. The minimum absolute atomic E-state index is 0.0346. The molecule has 0 radical (unpaired) electrons. The number of hydrogen-bond donors (Lipinski definition) is 1. The number of rotatable bonds is 7. The first-order chi connectivity index (χ1) is 13.0. The monoisotopic (exact) mass is 393 g/mol. The summed E-state index contributed by atoms with van der Waals surface area (Å²) >= 11 is 1.29. The first-order valence-corrected chi connectivity index (χ1v) is 10.1. The van der Waals surface area contributed by atoms with Gasteiger partial charge in [0.2, 0.25) is 5.91 Å². The van der Waals surface area contributed by atoms with Crippen molar-refractivity contribution in [3.05, 3.63) is 55.5 Å². The van der Waals surface area contributed by atoms with E-state index in [2.05, 4.69) is 10.2 Å². The molecule has 1 aliphatic heterocycles. The first-order valence-electron chi connectivity index (χ1n) is 9.32. The van der Waals surface area contributed by atoms with Gasteiger partial charge in [0.1, 0.15) is 6.17 Å². The van der Waals surface area contributed by atoms with Crippen LogP contribution >= 0.6 is 11.8 Å². The van der Waals surface area contributed by atoms with Gasteiger partial charge in [0.15, 0.2) is 0 Å². The molecule has 146 valence electrons. The first kappa shape index (κ1) is 19.8. The van der Waals surface area contributed by atoms with Gasteiger partial charge in [0.25, 0.3) is 5.70 Å². The summed E-state index contributed by atoms with van der Waals surface area (Å²) < 4.78 is 13.2. The number of amides is 1. The summed E-state index contributed by atoms with van der Waals surface area (Å²) in [7, 11) is 0. The van der Waals surface area contributed by atoms with E-state index in [0.29, 0.717) is 36.3 Å². The number of likely N-dealkylation sites (tertiary alicyclic amines) is 1. The Balaban J connectivity index is 1.61. The molecule has 1 unspecified atom stereocenters. The fourth-order valence-corrected chi connectivity index (χ4v) is 4.42. The van der Waals surface area contributed by atoms with Gasteiger partial charge in [-0.25, -0.2) is 4.39 Å². The van der Waals surface area contributed by atoms with Gasteiger partial charge in [-0.2, -0.15) is 0 Å². The molecule has 3 rings (SSSR count). The zero-order valence-electron chi connectivity index (χ0n) is 15.2. The predicted molar refractivity (Wildman–Crippen MR) is 104 cm³/mol. The molecule has 0 saturated carbocycles. The molecular weight excluding hydrogens is 369 g/mol. The van der Waals surface area contributed by atoms with Crippen molar-refractivity contribution < 1.29 is 14.1 Å². The van der Waals surface area contributed by atoms with Crippen LogP contribution in [0.1, 0.15) is 32.1 Å². The van der Waals surface area contributed by atoms with E-state index in [9.17, 15) is 19.3 Å². The lowest BCUT2D eigenvalue weighted by Gasteiger charge is -2.18. The van der Waals surface area contributed by atoms with E-state index < -0.39 is 11.1 Å².